The van der Waals surface area contributed by atoms with Gasteiger partial charge in [0.1, 0.15) is 40.5 Å². The number of thiophene rings is 2. The fourth-order valence-electron chi connectivity index (χ4n) is 9.36. The highest BCUT2D eigenvalue weighted by atomic mass is 32.2. The van der Waals surface area contributed by atoms with E-state index in [1.807, 2.05) is 18.2 Å². The average molecular weight is 1050 g/mol. The van der Waals surface area contributed by atoms with Crippen molar-refractivity contribution in [2.24, 2.45) is 11.8 Å². The number of carboxylic acid groups (broad SMARTS) is 2. The molecule has 5 aromatic rings. The molecule has 0 spiro atoms. The minimum absolute atomic E-state index is 0.285. The van der Waals surface area contributed by atoms with Crippen molar-refractivity contribution < 1.29 is 29.3 Å². The van der Waals surface area contributed by atoms with Crippen molar-refractivity contribution in [2.45, 2.75) is 167 Å². The molecule has 392 valence electrons. The van der Waals surface area contributed by atoms with E-state index in [0.717, 1.165) is 196 Å². The number of anilines is 3. The summed E-state index contributed by atoms with van der Waals surface area (Å²) >= 11 is 4.72. The van der Waals surface area contributed by atoms with Gasteiger partial charge in [0.25, 0.3) is 0 Å². The second-order valence-electron chi connectivity index (χ2n) is 19.4. The summed E-state index contributed by atoms with van der Waals surface area (Å²) in [6.07, 6.45) is 21.9. The Morgan fingerprint density at radius 3 is 1.41 bits per heavy atom. The van der Waals surface area contributed by atoms with E-state index < -0.39 is 11.9 Å². The second-order valence-corrected chi connectivity index (χ2v) is 22.7. The number of nitriles is 2. The van der Waals surface area contributed by atoms with E-state index >= 15 is 0 Å². The molecule has 0 saturated carbocycles. The Bertz CT molecular complexity index is 2640. The van der Waals surface area contributed by atoms with Crippen LogP contribution in [0.1, 0.15) is 165 Å². The molecule has 0 aliphatic carbocycles. The SMILES string of the molecule is CCCCCCc1cc(-c2ccc3c(c2)Sc2cc(-c4cc(CCCCCC)c(/C=C(/C#N)C(=O)O)s4)ccc2N3c2c(OCC(CC)CCCC)cccc2OCC(CC)CCCC)sc1/C=C(/C#N)C(=O)O. The lowest BCUT2D eigenvalue weighted by atomic mass is 10.0. The molecular formula is C62H75N3O6S3. The third-order valence-electron chi connectivity index (χ3n) is 13.9. The molecule has 2 aromatic heterocycles. The van der Waals surface area contributed by atoms with Crippen LogP contribution in [0, 0.1) is 34.5 Å². The molecule has 1 aliphatic heterocycles. The Morgan fingerprint density at radius 1 is 0.595 bits per heavy atom. The first kappa shape index (κ1) is 57.5. The Balaban J connectivity index is 1.55. The lowest BCUT2D eigenvalue weighted by Gasteiger charge is -2.35. The maximum Gasteiger partial charge on any atom is 0.346 e. The topological polar surface area (TPSA) is 144 Å². The molecular weight excluding hydrogens is 979 g/mol. The van der Waals surface area contributed by atoms with E-state index in [9.17, 15) is 30.3 Å². The summed E-state index contributed by atoms with van der Waals surface area (Å²) in [6.45, 7) is 14.5. The minimum atomic E-state index is -1.24. The number of carboxylic acids is 2. The van der Waals surface area contributed by atoms with E-state index in [4.69, 9.17) is 9.47 Å². The normalized spacial score (nSPS) is 13.2. The zero-order chi connectivity index (χ0) is 53.0. The average Bonchev–Trinajstić information content (AvgIpc) is 4.01. The van der Waals surface area contributed by atoms with Gasteiger partial charge in [-0.3, -0.25) is 0 Å². The number of unbranched alkanes of at least 4 members (excludes halogenated alkanes) is 8. The molecule has 0 amide bonds. The summed E-state index contributed by atoms with van der Waals surface area (Å²) in [5, 5.41) is 39.3. The standard InChI is InChI=1S/C62H75N3O6S3/c1-7-13-17-19-24-44-32-54(72-56(44)36-48(38-63)61(66)67)46-28-30-50-58(34-46)74-59-35-47(55-33-45(25-20-18-14-8-2)57(73-55)37-49(39-64)62(68)69)29-31-51(59)65(50)60-52(70-40-42(11-5)22-15-9-3)26-21-27-53(60)71-41-43(12-6)23-16-10-4/h21,26-37,42-43H,7-20,22-25,40-41H2,1-6H3,(H,66,67)(H,68,69)/b48-36-,49-37-. The lowest BCUT2D eigenvalue weighted by molar-refractivity contribution is -0.133. The fraction of sp³-hybridized carbons (Fsp3) is 0.452. The molecule has 2 N–H and O–H groups in total. The van der Waals surface area contributed by atoms with E-state index in [0.29, 0.717) is 25.0 Å². The quantitative estimate of drug-likeness (QED) is 0.0245. The maximum absolute atomic E-state index is 12.1. The van der Waals surface area contributed by atoms with Crippen molar-refractivity contribution in [1.82, 2.24) is 0 Å². The molecule has 1 aliphatic rings. The molecule has 0 radical (unpaired) electrons. The highest BCUT2D eigenvalue weighted by Crippen LogP contribution is 2.57. The van der Waals surface area contributed by atoms with Crippen molar-refractivity contribution in [2.75, 3.05) is 18.1 Å². The van der Waals surface area contributed by atoms with Crippen LogP contribution in [0.2, 0.25) is 0 Å². The number of nitrogens with zero attached hydrogens (tertiary/aromatic N) is 3. The molecule has 2 unspecified atom stereocenters. The minimum Gasteiger partial charge on any atom is -0.491 e. The molecule has 3 heterocycles. The van der Waals surface area contributed by atoms with Crippen LogP contribution in [0.5, 0.6) is 11.5 Å². The number of para-hydroxylation sites is 1. The number of hydrogen-bond donors (Lipinski definition) is 2. The molecule has 0 bridgehead atoms. The van der Waals surface area contributed by atoms with Crippen molar-refractivity contribution in [3.05, 3.63) is 98.8 Å². The third kappa shape index (κ3) is 15.2. The molecule has 0 saturated heterocycles. The fourth-order valence-corrected chi connectivity index (χ4v) is 12.8. The number of aryl methyl sites for hydroxylation is 2. The number of ether oxygens (including phenoxy) is 2. The predicted octanol–water partition coefficient (Wildman–Crippen LogP) is 18.5. The van der Waals surface area contributed by atoms with Crippen molar-refractivity contribution >= 4 is 75.6 Å². The zero-order valence-corrected chi connectivity index (χ0v) is 46.8. The van der Waals surface area contributed by atoms with Crippen LogP contribution >= 0.6 is 34.4 Å². The first-order valence-corrected chi connectivity index (χ1v) is 29.6. The van der Waals surface area contributed by atoms with Crippen LogP contribution in [0.3, 0.4) is 0 Å². The van der Waals surface area contributed by atoms with Crippen molar-refractivity contribution in [1.29, 1.82) is 10.5 Å². The largest absolute Gasteiger partial charge is 0.491 e. The van der Waals surface area contributed by atoms with Crippen LogP contribution < -0.4 is 14.4 Å². The Morgan fingerprint density at radius 2 is 1.03 bits per heavy atom. The summed E-state index contributed by atoms with van der Waals surface area (Å²) < 4.78 is 13.9. The summed E-state index contributed by atoms with van der Waals surface area (Å²) in [5.41, 5.74) is 6.28. The Labute approximate surface area is 453 Å². The number of carbonyl (C=O) groups is 2. The smallest absolute Gasteiger partial charge is 0.346 e. The lowest BCUT2D eigenvalue weighted by Crippen LogP contribution is -2.20. The van der Waals surface area contributed by atoms with Gasteiger partial charge in [-0.05, 0) is 133 Å². The summed E-state index contributed by atoms with van der Waals surface area (Å²) in [4.78, 5) is 32.0. The molecule has 3 aromatic carbocycles. The molecule has 6 rings (SSSR count). The molecule has 74 heavy (non-hydrogen) atoms. The van der Waals surface area contributed by atoms with Gasteiger partial charge < -0.3 is 24.6 Å². The summed E-state index contributed by atoms with van der Waals surface area (Å²) in [7, 11) is 0. The highest BCUT2D eigenvalue weighted by Gasteiger charge is 2.32. The maximum atomic E-state index is 12.1. The van der Waals surface area contributed by atoms with E-state index in [1.54, 1.807) is 11.8 Å². The van der Waals surface area contributed by atoms with Gasteiger partial charge in [-0.15, -0.1) is 22.7 Å². The number of rotatable bonds is 31. The van der Waals surface area contributed by atoms with Gasteiger partial charge in [-0.2, -0.15) is 10.5 Å². The third-order valence-corrected chi connectivity index (χ3v) is 17.4. The number of aliphatic carboxylic acids is 2. The van der Waals surface area contributed by atoms with Gasteiger partial charge in [0, 0.05) is 29.3 Å². The van der Waals surface area contributed by atoms with Crippen LogP contribution in [0.4, 0.5) is 17.1 Å². The molecule has 2 atom stereocenters. The second kappa shape index (κ2) is 29.3. The van der Waals surface area contributed by atoms with Crippen molar-refractivity contribution in [3.8, 4) is 44.5 Å². The molecule has 12 heteroatoms. The Kier molecular flexibility index (Phi) is 22.8. The van der Waals surface area contributed by atoms with Gasteiger partial charge in [0.2, 0.25) is 0 Å². The number of hydrogen-bond acceptors (Lipinski definition) is 10. The molecule has 0 fully saturated rings. The monoisotopic (exact) mass is 1050 g/mol. The van der Waals surface area contributed by atoms with Crippen LogP contribution in [0.15, 0.2) is 87.7 Å². The van der Waals surface area contributed by atoms with E-state index in [-0.39, 0.29) is 11.1 Å². The van der Waals surface area contributed by atoms with Crippen molar-refractivity contribution in [3.63, 3.8) is 0 Å². The van der Waals surface area contributed by atoms with Gasteiger partial charge >= 0.3 is 11.9 Å². The number of fused-ring (bicyclic) bond motifs is 2. The summed E-state index contributed by atoms with van der Waals surface area (Å²) in [6, 6.07) is 27.4. The summed E-state index contributed by atoms with van der Waals surface area (Å²) in [5.74, 6) is -0.178. The van der Waals surface area contributed by atoms with E-state index in [1.165, 1.54) is 34.8 Å². The van der Waals surface area contributed by atoms with Crippen LogP contribution in [-0.2, 0) is 22.4 Å². The van der Waals surface area contributed by atoms with Gasteiger partial charge in [-0.1, -0.05) is 149 Å². The predicted molar refractivity (Wildman–Crippen MR) is 308 cm³/mol. The van der Waals surface area contributed by atoms with E-state index in [2.05, 4.69) is 107 Å². The van der Waals surface area contributed by atoms with Gasteiger partial charge in [-0.25, -0.2) is 9.59 Å². The van der Waals surface area contributed by atoms with Gasteiger partial charge in [0.05, 0.1) is 24.6 Å². The first-order valence-electron chi connectivity index (χ1n) is 27.1. The number of benzene rings is 3. The van der Waals surface area contributed by atoms with Crippen LogP contribution in [0.25, 0.3) is 33.0 Å². The van der Waals surface area contributed by atoms with Gasteiger partial charge in [0.15, 0.2) is 0 Å². The molecule has 9 nitrogen and oxygen atoms in total. The van der Waals surface area contributed by atoms with Crippen LogP contribution in [-0.4, -0.2) is 35.4 Å². The highest BCUT2D eigenvalue weighted by molar-refractivity contribution is 7.99. The Hall–Kier alpha value is -5.79. The zero-order valence-electron chi connectivity index (χ0n) is 44.4. The first-order chi connectivity index (χ1) is 36.0.